The van der Waals surface area contributed by atoms with Crippen LogP contribution in [0.1, 0.15) is 23.0 Å². The number of carbonyl (C=O) groups is 2. The van der Waals surface area contributed by atoms with Crippen molar-refractivity contribution < 1.29 is 19.1 Å². The van der Waals surface area contributed by atoms with E-state index in [-0.39, 0.29) is 23.2 Å². The number of hydrogen-bond donors (Lipinski definition) is 0. The van der Waals surface area contributed by atoms with Crippen molar-refractivity contribution in [3.05, 3.63) is 63.8 Å². The number of halogens is 2. The molecule has 7 heteroatoms. The summed E-state index contributed by atoms with van der Waals surface area (Å²) in [7, 11) is 0. The largest absolute Gasteiger partial charge is 0.478 e. The lowest BCUT2D eigenvalue weighted by atomic mass is 10.1. The van der Waals surface area contributed by atoms with Crippen molar-refractivity contribution in [2.24, 2.45) is 0 Å². The fourth-order valence-electron chi connectivity index (χ4n) is 2.48. The van der Waals surface area contributed by atoms with Crippen molar-refractivity contribution in [2.75, 3.05) is 6.61 Å². The molecule has 0 fully saturated rings. The highest BCUT2D eigenvalue weighted by molar-refractivity contribution is 6.39. The Morgan fingerprint density at radius 3 is 2.41 bits per heavy atom. The molecule has 0 aliphatic carbocycles. The fourth-order valence-corrected chi connectivity index (χ4v) is 3.05. The normalized spacial score (nSPS) is 10.7. The monoisotopic (exact) mass is 403 g/mol. The van der Waals surface area contributed by atoms with Gasteiger partial charge in [-0.3, -0.25) is 4.79 Å². The Bertz CT molecular complexity index is 1030. The van der Waals surface area contributed by atoms with E-state index in [2.05, 4.69) is 4.98 Å². The average molecular weight is 404 g/mol. The van der Waals surface area contributed by atoms with Crippen LogP contribution in [0, 0.1) is 6.92 Å². The molecule has 0 aliphatic heterocycles. The highest BCUT2D eigenvalue weighted by atomic mass is 35.5. The molecule has 0 radical (unpaired) electrons. The molecule has 0 unspecified atom stereocenters. The van der Waals surface area contributed by atoms with Crippen molar-refractivity contribution in [2.45, 2.75) is 13.8 Å². The summed E-state index contributed by atoms with van der Waals surface area (Å²) in [4.78, 5) is 27.8. The summed E-state index contributed by atoms with van der Waals surface area (Å²) in [5, 5.41) is 1.38. The van der Waals surface area contributed by atoms with Crippen molar-refractivity contribution in [3.8, 4) is 11.5 Å². The number of carbonyl (C=O) groups excluding carboxylic acids is 2. The van der Waals surface area contributed by atoms with Gasteiger partial charge in [0.05, 0.1) is 10.0 Å². The zero-order valence-electron chi connectivity index (χ0n) is 14.6. The lowest BCUT2D eigenvalue weighted by Gasteiger charge is -2.12. The Kier molecular flexibility index (Phi) is 5.63. The van der Waals surface area contributed by atoms with Crippen LogP contribution in [0.2, 0.25) is 10.0 Å². The number of ketones is 1. The number of Topliss-reactive ketones (excluding diaryl/α,β-unsaturated/α-hetero) is 1. The standard InChI is InChI=1S/C20H15Cl2NO4/c1-11-3-8-15-16(21)9-17(22)20(19(15)23-11)26-10-18(25)27-14-6-4-13(5-7-14)12(2)24/h3-9H,10H2,1-2H3. The second-order valence-electron chi connectivity index (χ2n) is 5.86. The molecule has 0 bridgehead atoms. The van der Waals surface area contributed by atoms with Crippen LogP contribution in [-0.2, 0) is 4.79 Å². The van der Waals surface area contributed by atoms with E-state index in [1.165, 1.54) is 6.92 Å². The number of aryl methyl sites for hydroxylation is 1. The van der Waals surface area contributed by atoms with Gasteiger partial charge in [0.25, 0.3) is 0 Å². The van der Waals surface area contributed by atoms with Gasteiger partial charge < -0.3 is 9.47 Å². The van der Waals surface area contributed by atoms with Gasteiger partial charge in [-0.2, -0.15) is 0 Å². The molecule has 5 nitrogen and oxygen atoms in total. The van der Waals surface area contributed by atoms with Crippen molar-refractivity contribution in [1.29, 1.82) is 0 Å². The minimum atomic E-state index is -0.614. The van der Waals surface area contributed by atoms with E-state index in [1.807, 2.05) is 19.1 Å². The topological polar surface area (TPSA) is 65.5 Å². The molecule has 3 aromatic rings. The summed E-state index contributed by atoms with van der Waals surface area (Å²) in [5.74, 6) is -0.0982. The third kappa shape index (κ3) is 4.38. The van der Waals surface area contributed by atoms with Gasteiger partial charge in [0.15, 0.2) is 18.1 Å². The number of pyridine rings is 1. The molecule has 138 valence electrons. The molecule has 1 heterocycles. The SMILES string of the molecule is CC(=O)c1ccc(OC(=O)COc2c(Cl)cc(Cl)c3ccc(C)nc23)cc1. The van der Waals surface area contributed by atoms with E-state index in [4.69, 9.17) is 32.7 Å². The summed E-state index contributed by atoms with van der Waals surface area (Å²) < 4.78 is 10.8. The molecular formula is C20H15Cl2NO4. The van der Waals surface area contributed by atoms with E-state index >= 15 is 0 Å². The average Bonchev–Trinajstić information content (AvgIpc) is 2.61. The lowest BCUT2D eigenvalue weighted by Crippen LogP contribution is -2.18. The minimum absolute atomic E-state index is 0.0664. The molecule has 0 saturated heterocycles. The summed E-state index contributed by atoms with van der Waals surface area (Å²) in [6, 6.07) is 11.4. The van der Waals surface area contributed by atoms with E-state index in [0.29, 0.717) is 27.2 Å². The number of aromatic nitrogens is 1. The predicted molar refractivity (Wildman–Crippen MR) is 104 cm³/mol. The predicted octanol–water partition coefficient (Wildman–Crippen LogP) is 5.04. The first-order valence-corrected chi connectivity index (χ1v) is 8.80. The van der Waals surface area contributed by atoms with Crippen molar-refractivity contribution in [1.82, 2.24) is 4.98 Å². The Hall–Kier alpha value is -2.63. The Morgan fingerprint density at radius 1 is 1.04 bits per heavy atom. The van der Waals surface area contributed by atoms with Crippen LogP contribution in [-0.4, -0.2) is 23.3 Å². The van der Waals surface area contributed by atoms with Crippen LogP contribution in [0.3, 0.4) is 0 Å². The van der Waals surface area contributed by atoms with Gasteiger partial charge in [-0.15, -0.1) is 0 Å². The second-order valence-corrected chi connectivity index (χ2v) is 6.68. The summed E-state index contributed by atoms with van der Waals surface area (Å²) in [6.07, 6.45) is 0. The number of esters is 1. The number of rotatable bonds is 5. The van der Waals surface area contributed by atoms with Crippen molar-refractivity contribution >= 4 is 45.9 Å². The first-order valence-electron chi connectivity index (χ1n) is 8.05. The third-order valence-corrected chi connectivity index (χ3v) is 4.40. The maximum atomic E-state index is 12.1. The van der Waals surface area contributed by atoms with Gasteiger partial charge in [0.2, 0.25) is 0 Å². The molecular weight excluding hydrogens is 389 g/mol. The molecule has 27 heavy (non-hydrogen) atoms. The molecule has 0 N–H and O–H groups in total. The quantitative estimate of drug-likeness (QED) is 0.339. The zero-order valence-corrected chi connectivity index (χ0v) is 16.1. The van der Waals surface area contributed by atoms with Gasteiger partial charge in [-0.25, -0.2) is 9.78 Å². The summed E-state index contributed by atoms with van der Waals surface area (Å²) in [5.41, 5.74) is 1.77. The molecule has 0 atom stereocenters. The fraction of sp³-hybridized carbons (Fsp3) is 0.150. The summed E-state index contributed by atoms with van der Waals surface area (Å²) in [6.45, 7) is 2.93. The third-order valence-electron chi connectivity index (χ3n) is 3.80. The molecule has 0 amide bonds. The van der Waals surface area contributed by atoms with E-state index in [0.717, 1.165) is 5.69 Å². The Balaban J connectivity index is 1.75. The first kappa shape index (κ1) is 19.1. The van der Waals surface area contributed by atoms with Crippen LogP contribution in [0.4, 0.5) is 0 Å². The molecule has 0 saturated carbocycles. The van der Waals surface area contributed by atoms with Crippen LogP contribution in [0.25, 0.3) is 10.9 Å². The highest BCUT2D eigenvalue weighted by Gasteiger charge is 2.15. The summed E-state index contributed by atoms with van der Waals surface area (Å²) >= 11 is 12.4. The van der Waals surface area contributed by atoms with Crippen LogP contribution >= 0.6 is 23.2 Å². The number of nitrogens with zero attached hydrogens (tertiary/aromatic N) is 1. The lowest BCUT2D eigenvalue weighted by molar-refractivity contribution is -0.136. The number of hydrogen-bond acceptors (Lipinski definition) is 5. The number of fused-ring (bicyclic) bond motifs is 1. The molecule has 2 aromatic carbocycles. The molecule has 1 aromatic heterocycles. The van der Waals surface area contributed by atoms with Gasteiger partial charge >= 0.3 is 5.97 Å². The zero-order chi connectivity index (χ0) is 19.6. The van der Waals surface area contributed by atoms with E-state index < -0.39 is 5.97 Å². The van der Waals surface area contributed by atoms with Crippen molar-refractivity contribution in [3.63, 3.8) is 0 Å². The highest BCUT2D eigenvalue weighted by Crippen LogP contribution is 2.37. The van der Waals surface area contributed by atoms with E-state index in [1.54, 1.807) is 30.3 Å². The Labute approximate surface area is 165 Å². The number of benzene rings is 2. The van der Waals surface area contributed by atoms with Crippen LogP contribution in [0.5, 0.6) is 11.5 Å². The van der Waals surface area contributed by atoms with Crippen LogP contribution < -0.4 is 9.47 Å². The smallest absolute Gasteiger partial charge is 0.349 e. The minimum Gasteiger partial charge on any atom is -0.478 e. The van der Waals surface area contributed by atoms with Gasteiger partial charge in [-0.05, 0) is 56.3 Å². The molecule has 0 spiro atoms. The van der Waals surface area contributed by atoms with Gasteiger partial charge in [0, 0.05) is 16.6 Å². The number of ether oxygens (including phenoxy) is 2. The van der Waals surface area contributed by atoms with Gasteiger partial charge in [0.1, 0.15) is 11.3 Å². The van der Waals surface area contributed by atoms with E-state index in [9.17, 15) is 9.59 Å². The molecule has 3 rings (SSSR count). The Morgan fingerprint density at radius 2 is 1.74 bits per heavy atom. The van der Waals surface area contributed by atoms with Gasteiger partial charge in [-0.1, -0.05) is 23.2 Å². The van der Waals surface area contributed by atoms with Crippen LogP contribution in [0.15, 0.2) is 42.5 Å². The molecule has 0 aliphatic rings. The maximum absolute atomic E-state index is 12.1. The maximum Gasteiger partial charge on any atom is 0.349 e. The first-order chi connectivity index (χ1) is 12.8. The second kappa shape index (κ2) is 7.94.